The number of hydrogen-bond donors (Lipinski definition) is 2. The number of alkyl carbamates (subject to hydrolysis) is 1. The second-order valence-corrected chi connectivity index (χ2v) is 6.85. The first-order valence-corrected chi connectivity index (χ1v) is 7.79. The number of aliphatic carboxylic acids is 1. The molecule has 1 atom stereocenters. The van der Waals surface area contributed by atoms with Gasteiger partial charge in [0.05, 0.1) is 12.9 Å². The lowest BCUT2D eigenvalue weighted by molar-refractivity contribution is -0.139. The maximum atomic E-state index is 11.4. The van der Waals surface area contributed by atoms with Crippen molar-refractivity contribution in [1.82, 2.24) is 5.32 Å². The smallest absolute Gasteiger partial charge is 0.408 e. The van der Waals surface area contributed by atoms with Gasteiger partial charge in [-0.1, -0.05) is 0 Å². The van der Waals surface area contributed by atoms with E-state index >= 15 is 0 Å². The highest BCUT2D eigenvalue weighted by atomic mass is 32.2. The van der Waals surface area contributed by atoms with Crippen LogP contribution in [0.4, 0.5) is 4.79 Å². The highest BCUT2D eigenvalue weighted by Gasteiger charge is 2.23. The third-order valence-electron chi connectivity index (χ3n) is 1.92. The van der Waals surface area contributed by atoms with E-state index in [4.69, 9.17) is 9.84 Å². The maximum Gasteiger partial charge on any atom is 0.408 e. The van der Waals surface area contributed by atoms with Gasteiger partial charge in [0.15, 0.2) is 0 Å². The Kier molecular flexibility index (Phi) is 6.94. The van der Waals surface area contributed by atoms with Crippen molar-refractivity contribution in [2.75, 3.05) is 12.9 Å². The SMILES string of the molecule is CC(C)(C)OC(=O)N[C@@H](CCCOS(C)(=O)=O)C(=O)O. The summed E-state index contributed by atoms with van der Waals surface area (Å²) in [5, 5.41) is 11.2. The van der Waals surface area contributed by atoms with Crippen LogP contribution in [0.5, 0.6) is 0 Å². The highest BCUT2D eigenvalue weighted by Crippen LogP contribution is 2.08. The summed E-state index contributed by atoms with van der Waals surface area (Å²) in [6, 6.07) is -1.16. The van der Waals surface area contributed by atoms with Gasteiger partial charge in [-0.05, 0) is 33.6 Å². The lowest BCUT2D eigenvalue weighted by Gasteiger charge is -2.21. The summed E-state index contributed by atoms with van der Waals surface area (Å²) < 4.78 is 30.9. The van der Waals surface area contributed by atoms with Crippen molar-refractivity contribution >= 4 is 22.2 Å². The maximum absolute atomic E-state index is 11.4. The van der Waals surface area contributed by atoms with E-state index in [2.05, 4.69) is 9.50 Å². The van der Waals surface area contributed by atoms with Crippen LogP contribution in [0.3, 0.4) is 0 Å². The molecule has 0 spiro atoms. The minimum Gasteiger partial charge on any atom is -0.480 e. The Labute approximate surface area is 118 Å². The van der Waals surface area contributed by atoms with E-state index in [1.165, 1.54) is 0 Å². The molecule has 8 nitrogen and oxygen atoms in total. The molecule has 0 aromatic rings. The predicted molar refractivity (Wildman–Crippen MR) is 70.8 cm³/mol. The Balaban J connectivity index is 4.25. The van der Waals surface area contributed by atoms with Crippen LogP contribution in [0.25, 0.3) is 0 Å². The molecule has 118 valence electrons. The highest BCUT2D eigenvalue weighted by molar-refractivity contribution is 7.85. The van der Waals surface area contributed by atoms with Crippen LogP contribution >= 0.6 is 0 Å². The normalized spacial score (nSPS) is 13.6. The van der Waals surface area contributed by atoms with Crippen molar-refractivity contribution in [1.29, 1.82) is 0 Å². The predicted octanol–water partition coefficient (Wildman–Crippen LogP) is 0.721. The molecule has 0 aliphatic carbocycles. The van der Waals surface area contributed by atoms with Gasteiger partial charge in [0.1, 0.15) is 11.6 Å². The molecule has 1 amide bonds. The molecule has 9 heteroatoms. The van der Waals surface area contributed by atoms with Crippen LogP contribution in [0.2, 0.25) is 0 Å². The summed E-state index contributed by atoms with van der Waals surface area (Å²) in [6.45, 7) is 4.82. The zero-order valence-corrected chi connectivity index (χ0v) is 12.8. The fourth-order valence-electron chi connectivity index (χ4n) is 1.20. The third kappa shape index (κ3) is 10.6. The Morgan fingerprint density at radius 2 is 1.85 bits per heavy atom. The number of carbonyl (C=O) groups excluding carboxylic acids is 1. The van der Waals surface area contributed by atoms with Crippen molar-refractivity contribution in [3.8, 4) is 0 Å². The average molecular weight is 311 g/mol. The number of nitrogens with one attached hydrogen (secondary N) is 1. The van der Waals surface area contributed by atoms with Gasteiger partial charge in [-0.15, -0.1) is 0 Å². The number of carboxylic acids is 1. The van der Waals surface area contributed by atoms with Gasteiger partial charge in [0.2, 0.25) is 0 Å². The first-order valence-electron chi connectivity index (χ1n) is 5.97. The molecule has 0 aromatic carbocycles. The van der Waals surface area contributed by atoms with E-state index in [1.807, 2.05) is 0 Å². The lowest BCUT2D eigenvalue weighted by Crippen LogP contribution is -2.43. The standard InChI is InChI=1S/C11H21NO7S/c1-11(2,3)19-10(15)12-8(9(13)14)6-5-7-18-20(4,16)17/h8H,5-7H2,1-4H3,(H,12,15)(H,13,14)/t8-/m0/s1. The van der Waals surface area contributed by atoms with Gasteiger partial charge < -0.3 is 15.2 Å². The number of carbonyl (C=O) groups is 2. The van der Waals surface area contributed by atoms with E-state index in [1.54, 1.807) is 20.8 Å². The summed E-state index contributed by atoms with van der Waals surface area (Å²) in [5.74, 6) is -1.23. The van der Waals surface area contributed by atoms with Crippen molar-refractivity contribution in [2.24, 2.45) is 0 Å². The van der Waals surface area contributed by atoms with Crippen LogP contribution < -0.4 is 5.32 Å². The minimum absolute atomic E-state index is 0.0318. The Morgan fingerprint density at radius 1 is 1.30 bits per heavy atom. The first-order chi connectivity index (χ1) is 8.91. The molecule has 0 saturated heterocycles. The molecule has 2 N–H and O–H groups in total. The third-order valence-corrected chi connectivity index (χ3v) is 2.52. The fourth-order valence-corrected chi connectivity index (χ4v) is 1.63. The van der Waals surface area contributed by atoms with Gasteiger partial charge >= 0.3 is 12.1 Å². The largest absolute Gasteiger partial charge is 0.480 e. The number of amides is 1. The molecule has 0 bridgehead atoms. The van der Waals surface area contributed by atoms with Gasteiger partial charge in [-0.3, -0.25) is 4.18 Å². The van der Waals surface area contributed by atoms with Crippen LogP contribution in [0.1, 0.15) is 33.6 Å². The molecule has 0 rings (SSSR count). The van der Waals surface area contributed by atoms with Crippen LogP contribution in [0, 0.1) is 0 Å². The van der Waals surface area contributed by atoms with Crippen LogP contribution in [-0.4, -0.2) is 50.1 Å². The number of carboxylic acid groups (broad SMARTS) is 1. The minimum atomic E-state index is -3.55. The van der Waals surface area contributed by atoms with E-state index in [0.717, 1.165) is 6.26 Å². The van der Waals surface area contributed by atoms with Gasteiger partial charge in [-0.25, -0.2) is 9.59 Å². The monoisotopic (exact) mass is 311 g/mol. The summed E-state index contributed by atoms with van der Waals surface area (Å²) in [4.78, 5) is 22.4. The van der Waals surface area contributed by atoms with E-state index in [0.29, 0.717) is 0 Å². The summed E-state index contributed by atoms with van der Waals surface area (Å²) >= 11 is 0. The van der Waals surface area contributed by atoms with E-state index < -0.39 is 33.8 Å². The molecule has 0 radical (unpaired) electrons. The molecule has 0 aliphatic rings. The van der Waals surface area contributed by atoms with Crippen molar-refractivity contribution < 1.29 is 32.0 Å². The van der Waals surface area contributed by atoms with Gasteiger partial charge in [0.25, 0.3) is 10.1 Å². The Hall–Kier alpha value is -1.35. The second kappa shape index (κ2) is 7.44. The van der Waals surface area contributed by atoms with Crippen molar-refractivity contribution in [3.05, 3.63) is 0 Å². The molecule has 0 heterocycles. The second-order valence-electron chi connectivity index (χ2n) is 5.21. The quantitative estimate of drug-likeness (QED) is 0.525. The average Bonchev–Trinajstić information content (AvgIpc) is 2.17. The van der Waals surface area contributed by atoms with E-state index in [9.17, 15) is 18.0 Å². The van der Waals surface area contributed by atoms with Gasteiger partial charge in [0, 0.05) is 0 Å². The number of hydrogen-bond acceptors (Lipinski definition) is 6. The molecule has 0 aromatic heterocycles. The summed E-state index contributed by atoms with van der Waals surface area (Å²) in [6.07, 6.45) is 0.263. The Morgan fingerprint density at radius 3 is 2.25 bits per heavy atom. The van der Waals surface area contributed by atoms with Crippen molar-refractivity contribution in [2.45, 2.75) is 45.3 Å². The van der Waals surface area contributed by atoms with Crippen molar-refractivity contribution in [3.63, 3.8) is 0 Å². The number of ether oxygens (including phenoxy) is 1. The summed E-state index contributed by atoms with van der Waals surface area (Å²) in [5.41, 5.74) is -0.730. The molecule has 0 saturated carbocycles. The zero-order valence-electron chi connectivity index (χ0n) is 12.0. The summed E-state index contributed by atoms with van der Waals surface area (Å²) in [7, 11) is -3.55. The Bertz CT molecular complexity index is 438. The molecular formula is C11H21NO7S. The lowest BCUT2D eigenvalue weighted by atomic mass is 10.1. The van der Waals surface area contributed by atoms with Gasteiger partial charge in [-0.2, -0.15) is 8.42 Å². The molecule has 0 aliphatic heterocycles. The van der Waals surface area contributed by atoms with Crippen LogP contribution in [0.15, 0.2) is 0 Å². The molecule has 20 heavy (non-hydrogen) atoms. The van der Waals surface area contributed by atoms with Crippen LogP contribution in [-0.2, 0) is 23.8 Å². The topological polar surface area (TPSA) is 119 Å². The zero-order chi connectivity index (χ0) is 16.0. The molecule has 0 unspecified atom stereocenters. The number of rotatable bonds is 7. The fraction of sp³-hybridized carbons (Fsp3) is 0.818. The molecule has 0 fully saturated rings. The molecular weight excluding hydrogens is 290 g/mol. The first kappa shape index (κ1) is 18.7. The van der Waals surface area contributed by atoms with E-state index in [-0.39, 0.29) is 19.4 Å².